The van der Waals surface area contributed by atoms with Crippen LogP contribution in [0.1, 0.15) is 22.8 Å². The second-order valence-corrected chi connectivity index (χ2v) is 6.60. The number of rotatable bonds is 7. The molecular formula is C17H17N5O4S. The maximum absolute atomic E-state index is 12.6. The van der Waals surface area contributed by atoms with Crippen molar-refractivity contribution in [1.82, 2.24) is 25.9 Å². The number of tetrazole rings is 1. The second kappa shape index (κ2) is 8.52. The third-order valence-corrected chi connectivity index (χ3v) is 4.62. The van der Waals surface area contributed by atoms with E-state index in [0.717, 1.165) is 5.56 Å². The van der Waals surface area contributed by atoms with Gasteiger partial charge in [-0.1, -0.05) is 30.3 Å². The van der Waals surface area contributed by atoms with Gasteiger partial charge in [-0.3, -0.25) is 4.79 Å². The lowest BCUT2D eigenvalue weighted by molar-refractivity contribution is -0.150. The molecule has 2 heterocycles. The topological polar surface area (TPSA) is 130 Å². The molecule has 3 rings (SSSR count). The Hall–Kier alpha value is -3.11. The van der Waals surface area contributed by atoms with E-state index < -0.39 is 24.0 Å². The fraction of sp³-hybridized carbons (Fsp3) is 0.235. The van der Waals surface area contributed by atoms with Gasteiger partial charge in [0.05, 0.1) is 16.5 Å². The van der Waals surface area contributed by atoms with E-state index in [1.165, 1.54) is 18.3 Å². The summed E-state index contributed by atoms with van der Waals surface area (Å²) in [5, 5.41) is 27.7. The molecule has 2 atom stereocenters. The van der Waals surface area contributed by atoms with E-state index >= 15 is 0 Å². The molecule has 0 unspecified atom stereocenters. The van der Waals surface area contributed by atoms with Crippen LogP contribution < -0.4 is 5.32 Å². The molecule has 0 aliphatic carbocycles. The number of esters is 1. The number of aromatic amines is 1. The molecule has 27 heavy (non-hydrogen) atoms. The molecular weight excluding hydrogens is 370 g/mol. The van der Waals surface area contributed by atoms with Crippen LogP contribution in [-0.2, 0) is 16.1 Å². The normalized spacial score (nSPS) is 13.0. The molecule has 9 nitrogen and oxygen atoms in total. The highest BCUT2D eigenvalue weighted by Gasteiger charge is 2.29. The van der Waals surface area contributed by atoms with Crippen LogP contribution >= 0.6 is 11.3 Å². The Balaban J connectivity index is 1.68. The molecule has 2 aromatic heterocycles. The van der Waals surface area contributed by atoms with Crippen molar-refractivity contribution in [2.24, 2.45) is 0 Å². The molecule has 1 amide bonds. The number of amides is 1. The Morgan fingerprint density at radius 2 is 2.07 bits per heavy atom. The number of ether oxygens (including phenoxy) is 1. The minimum Gasteiger partial charge on any atom is -0.459 e. The summed E-state index contributed by atoms with van der Waals surface area (Å²) in [4.78, 5) is 25.5. The number of thiophene rings is 1. The lowest BCUT2D eigenvalue weighted by Crippen LogP contribution is -2.48. The number of H-pyrrole nitrogens is 1. The van der Waals surface area contributed by atoms with Gasteiger partial charge in [-0.05, 0) is 29.1 Å². The van der Waals surface area contributed by atoms with Crippen molar-refractivity contribution in [2.75, 3.05) is 0 Å². The highest BCUT2D eigenvalue weighted by atomic mass is 32.1. The summed E-state index contributed by atoms with van der Waals surface area (Å²) >= 11 is 1.26. The lowest BCUT2D eigenvalue weighted by Gasteiger charge is -2.20. The number of aliphatic hydroxyl groups excluding tert-OH is 1. The predicted molar refractivity (Wildman–Crippen MR) is 96.7 cm³/mol. The fourth-order valence-electron chi connectivity index (χ4n) is 2.33. The number of hydrogen-bond acceptors (Lipinski definition) is 8. The summed E-state index contributed by atoms with van der Waals surface area (Å²) in [6.07, 6.45) is -1.13. The van der Waals surface area contributed by atoms with Crippen LogP contribution in [0.4, 0.5) is 0 Å². The zero-order chi connectivity index (χ0) is 19.2. The van der Waals surface area contributed by atoms with Crippen LogP contribution in [0.25, 0.3) is 10.7 Å². The predicted octanol–water partition coefficient (Wildman–Crippen LogP) is 1.15. The summed E-state index contributed by atoms with van der Waals surface area (Å²) in [6.45, 7) is 1.45. The minimum atomic E-state index is -1.21. The van der Waals surface area contributed by atoms with Gasteiger partial charge in [0.25, 0.3) is 5.91 Å². The monoisotopic (exact) mass is 387 g/mol. The van der Waals surface area contributed by atoms with Gasteiger partial charge in [0.1, 0.15) is 6.61 Å². The number of carbonyl (C=O) groups is 2. The molecule has 0 saturated carbocycles. The van der Waals surface area contributed by atoms with E-state index in [1.807, 2.05) is 30.3 Å². The first-order valence-corrected chi connectivity index (χ1v) is 8.95. The molecule has 0 spiro atoms. The third-order valence-electron chi connectivity index (χ3n) is 3.71. The lowest BCUT2D eigenvalue weighted by atomic mass is 10.1. The van der Waals surface area contributed by atoms with Gasteiger partial charge in [0.15, 0.2) is 6.04 Å². The molecule has 1 aromatic carbocycles. The highest BCUT2D eigenvalue weighted by Crippen LogP contribution is 2.26. The van der Waals surface area contributed by atoms with Gasteiger partial charge < -0.3 is 15.2 Å². The first-order chi connectivity index (χ1) is 13.1. The Labute approximate surface area is 158 Å². The molecule has 0 fully saturated rings. The van der Waals surface area contributed by atoms with E-state index in [1.54, 1.807) is 11.4 Å². The van der Waals surface area contributed by atoms with Crippen LogP contribution in [0.2, 0.25) is 0 Å². The summed E-state index contributed by atoms with van der Waals surface area (Å²) < 4.78 is 5.22. The first kappa shape index (κ1) is 18.7. The number of benzene rings is 1. The number of nitrogens with one attached hydrogen (secondary N) is 2. The van der Waals surface area contributed by atoms with Crippen molar-refractivity contribution in [2.45, 2.75) is 25.7 Å². The second-order valence-electron chi connectivity index (χ2n) is 5.68. The molecule has 3 aromatic rings. The zero-order valence-electron chi connectivity index (χ0n) is 14.3. The fourth-order valence-corrected chi connectivity index (χ4v) is 3.15. The molecule has 0 saturated heterocycles. The van der Waals surface area contributed by atoms with Crippen molar-refractivity contribution in [1.29, 1.82) is 0 Å². The largest absolute Gasteiger partial charge is 0.459 e. The van der Waals surface area contributed by atoms with Crippen molar-refractivity contribution in [3.63, 3.8) is 0 Å². The van der Waals surface area contributed by atoms with Crippen molar-refractivity contribution in [3.8, 4) is 10.7 Å². The summed E-state index contributed by atoms with van der Waals surface area (Å²) in [5.41, 5.74) is 1.08. The average molecular weight is 387 g/mol. The Morgan fingerprint density at radius 3 is 2.74 bits per heavy atom. The van der Waals surface area contributed by atoms with Gasteiger partial charge in [0.2, 0.25) is 5.82 Å². The van der Waals surface area contributed by atoms with Gasteiger partial charge in [-0.25, -0.2) is 4.79 Å². The summed E-state index contributed by atoms with van der Waals surface area (Å²) in [5.74, 6) is -0.993. The molecule has 3 N–H and O–H groups in total. The van der Waals surface area contributed by atoms with Crippen LogP contribution in [-0.4, -0.2) is 49.8 Å². The van der Waals surface area contributed by atoms with Gasteiger partial charge in [-0.2, -0.15) is 5.21 Å². The number of nitrogens with zero attached hydrogens (tertiary/aromatic N) is 3. The Bertz CT molecular complexity index is 895. The maximum atomic E-state index is 12.6. The van der Waals surface area contributed by atoms with Crippen molar-refractivity contribution >= 4 is 23.2 Å². The number of carbonyl (C=O) groups excluding carboxylic acids is 2. The third kappa shape index (κ3) is 4.54. The van der Waals surface area contributed by atoms with E-state index in [-0.39, 0.29) is 18.0 Å². The van der Waals surface area contributed by atoms with Gasteiger partial charge >= 0.3 is 5.97 Å². The molecule has 140 valence electrons. The highest BCUT2D eigenvalue weighted by molar-refractivity contribution is 7.13. The molecule has 0 radical (unpaired) electrons. The van der Waals surface area contributed by atoms with Gasteiger partial charge in [0, 0.05) is 0 Å². The van der Waals surface area contributed by atoms with Crippen molar-refractivity contribution in [3.05, 3.63) is 52.9 Å². The van der Waals surface area contributed by atoms with Crippen LogP contribution in [0, 0.1) is 0 Å². The van der Waals surface area contributed by atoms with E-state index in [0.29, 0.717) is 4.88 Å². The number of aromatic nitrogens is 4. The first-order valence-electron chi connectivity index (χ1n) is 8.07. The maximum Gasteiger partial charge on any atom is 0.331 e. The molecule has 0 aliphatic rings. The quantitative estimate of drug-likeness (QED) is 0.518. The van der Waals surface area contributed by atoms with Crippen LogP contribution in [0.3, 0.4) is 0 Å². The van der Waals surface area contributed by atoms with E-state index in [2.05, 4.69) is 25.9 Å². The number of hydrogen-bond donors (Lipinski definition) is 3. The summed E-state index contributed by atoms with van der Waals surface area (Å²) in [6, 6.07) is 9.50. The van der Waals surface area contributed by atoms with Gasteiger partial charge in [-0.15, -0.1) is 21.5 Å². The van der Waals surface area contributed by atoms with Crippen LogP contribution in [0.5, 0.6) is 0 Å². The standard InChI is InChI=1S/C17H17N5O4S/c1-10(23)13(17(25)26-9-11-5-3-2-4-6-11)18-16(24)12-7-8-27-14(12)15-19-21-22-20-15/h2-8,10,13,23H,9H2,1H3,(H,18,24)(H,19,20,21,22)/t10-,13-/m0/s1. The number of aliphatic hydroxyl groups is 1. The molecule has 0 aliphatic heterocycles. The SMILES string of the molecule is C[C@H](O)[C@H](NC(=O)c1ccsc1-c1nn[nH]n1)C(=O)OCc1ccccc1. The molecule has 0 bridgehead atoms. The smallest absolute Gasteiger partial charge is 0.331 e. The Kier molecular flexibility index (Phi) is 5.89. The molecule has 10 heteroatoms. The zero-order valence-corrected chi connectivity index (χ0v) is 15.1. The van der Waals surface area contributed by atoms with Crippen molar-refractivity contribution < 1.29 is 19.4 Å². The minimum absolute atomic E-state index is 0.0469. The van der Waals surface area contributed by atoms with E-state index in [9.17, 15) is 14.7 Å². The Morgan fingerprint density at radius 1 is 1.30 bits per heavy atom. The average Bonchev–Trinajstić information content (AvgIpc) is 3.35. The van der Waals surface area contributed by atoms with Crippen LogP contribution in [0.15, 0.2) is 41.8 Å². The van der Waals surface area contributed by atoms with E-state index in [4.69, 9.17) is 4.74 Å². The summed E-state index contributed by atoms with van der Waals surface area (Å²) in [7, 11) is 0.